The van der Waals surface area contributed by atoms with Gasteiger partial charge in [0.2, 0.25) is 0 Å². The van der Waals surface area contributed by atoms with E-state index in [0.717, 1.165) is 25.1 Å². The summed E-state index contributed by atoms with van der Waals surface area (Å²) in [5.74, 6) is -0.839. The van der Waals surface area contributed by atoms with Crippen molar-refractivity contribution in [2.75, 3.05) is 43.9 Å². The van der Waals surface area contributed by atoms with Crippen LogP contribution in [-0.2, 0) is 0 Å². The van der Waals surface area contributed by atoms with E-state index in [4.69, 9.17) is 0 Å². The van der Waals surface area contributed by atoms with E-state index in [2.05, 4.69) is 30.8 Å². The second-order valence-corrected chi connectivity index (χ2v) is 6.76. The average Bonchev–Trinajstić information content (AvgIpc) is 3.19. The maximum atomic E-state index is 12.5. The highest BCUT2D eigenvalue weighted by Gasteiger charge is 2.21. The molecule has 1 aliphatic heterocycles. The van der Waals surface area contributed by atoms with Crippen LogP contribution in [0.2, 0.25) is 0 Å². The molecular formula is C19H26N6O3. The number of hydrogen-bond acceptors (Lipinski definition) is 6. The summed E-state index contributed by atoms with van der Waals surface area (Å²) in [6.07, 6.45) is 2.81. The number of nitrogens with one attached hydrogen (secondary N) is 4. The Labute approximate surface area is 163 Å². The van der Waals surface area contributed by atoms with Crippen LogP contribution in [-0.4, -0.2) is 71.1 Å². The number of benzene rings is 1. The molecule has 1 saturated heterocycles. The molecule has 2 heterocycles. The van der Waals surface area contributed by atoms with Crippen molar-refractivity contribution in [1.82, 2.24) is 20.2 Å². The van der Waals surface area contributed by atoms with Gasteiger partial charge in [-0.3, -0.25) is 14.5 Å². The average molecular weight is 386 g/mol. The standard InChI is InChI=1S/C19H26N6O3/c1-20-13-4-6-14(7-5-13)24-19(28)17-16(22-12-23-17)18(27)21-8-10-25-9-2-3-15(26)11-25/h4-7,12,15,20,26H,2-3,8-11H2,1H3,(H,21,27)(H,22,23)(H,24,28). The van der Waals surface area contributed by atoms with Crippen molar-refractivity contribution in [2.45, 2.75) is 18.9 Å². The van der Waals surface area contributed by atoms with Crippen molar-refractivity contribution < 1.29 is 14.7 Å². The molecule has 1 aromatic carbocycles. The molecule has 0 spiro atoms. The van der Waals surface area contributed by atoms with Gasteiger partial charge in [-0.05, 0) is 43.7 Å². The van der Waals surface area contributed by atoms with Gasteiger partial charge in [-0.2, -0.15) is 0 Å². The zero-order chi connectivity index (χ0) is 19.9. The topological polar surface area (TPSA) is 122 Å². The van der Waals surface area contributed by atoms with E-state index in [1.54, 1.807) is 12.1 Å². The van der Waals surface area contributed by atoms with Crippen LogP contribution < -0.4 is 16.0 Å². The van der Waals surface area contributed by atoms with E-state index in [9.17, 15) is 14.7 Å². The van der Waals surface area contributed by atoms with Crippen LogP contribution in [0, 0.1) is 0 Å². The van der Waals surface area contributed by atoms with Crippen molar-refractivity contribution >= 4 is 23.2 Å². The van der Waals surface area contributed by atoms with Crippen LogP contribution in [0.1, 0.15) is 33.8 Å². The Morgan fingerprint density at radius 1 is 1.25 bits per heavy atom. The number of nitrogens with zero attached hydrogens (tertiary/aromatic N) is 2. The molecule has 28 heavy (non-hydrogen) atoms. The first-order valence-electron chi connectivity index (χ1n) is 9.38. The second kappa shape index (κ2) is 9.34. The number of anilines is 2. The summed E-state index contributed by atoms with van der Waals surface area (Å²) in [7, 11) is 1.82. The Balaban J connectivity index is 1.54. The predicted molar refractivity (Wildman–Crippen MR) is 107 cm³/mol. The largest absolute Gasteiger partial charge is 0.392 e. The lowest BCUT2D eigenvalue weighted by molar-refractivity contribution is 0.0702. The first-order chi connectivity index (χ1) is 13.6. The molecule has 1 fully saturated rings. The quantitative estimate of drug-likeness (QED) is 0.482. The molecular weight excluding hydrogens is 360 g/mol. The lowest BCUT2D eigenvalue weighted by Gasteiger charge is -2.29. The Hall–Kier alpha value is -2.91. The fraction of sp³-hybridized carbons (Fsp3) is 0.421. The summed E-state index contributed by atoms with van der Waals surface area (Å²) in [6, 6.07) is 7.21. The van der Waals surface area contributed by atoms with Gasteiger partial charge < -0.3 is 26.0 Å². The van der Waals surface area contributed by atoms with Crippen molar-refractivity contribution in [2.24, 2.45) is 0 Å². The number of aliphatic hydroxyl groups is 1. The monoisotopic (exact) mass is 386 g/mol. The summed E-state index contributed by atoms with van der Waals surface area (Å²) < 4.78 is 0. The van der Waals surface area contributed by atoms with Gasteiger partial charge in [-0.15, -0.1) is 0 Å². The summed E-state index contributed by atoms with van der Waals surface area (Å²) in [4.78, 5) is 33.8. The first kappa shape index (κ1) is 19.8. The molecule has 9 nitrogen and oxygen atoms in total. The van der Waals surface area contributed by atoms with Crippen molar-refractivity contribution in [3.05, 3.63) is 42.0 Å². The van der Waals surface area contributed by atoms with Gasteiger partial charge in [0.15, 0.2) is 5.69 Å². The zero-order valence-corrected chi connectivity index (χ0v) is 15.9. The van der Waals surface area contributed by atoms with Crippen LogP contribution in [0.15, 0.2) is 30.6 Å². The smallest absolute Gasteiger partial charge is 0.276 e. The number of hydrogen-bond donors (Lipinski definition) is 5. The molecule has 2 amide bonds. The first-order valence-corrected chi connectivity index (χ1v) is 9.38. The van der Waals surface area contributed by atoms with Crippen molar-refractivity contribution in [3.8, 4) is 0 Å². The van der Waals surface area contributed by atoms with Gasteiger partial charge >= 0.3 is 0 Å². The highest BCUT2D eigenvalue weighted by Crippen LogP contribution is 2.14. The highest BCUT2D eigenvalue weighted by atomic mass is 16.3. The predicted octanol–water partition coefficient (Wildman–Crippen LogP) is 0.890. The van der Waals surface area contributed by atoms with Gasteiger partial charge in [0.05, 0.1) is 12.4 Å². The molecule has 0 aliphatic carbocycles. The molecule has 1 aliphatic rings. The lowest BCUT2D eigenvalue weighted by atomic mass is 10.1. The Bertz CT molecular complexity index is 804. The SMILES string of the molecule is CNc1ccc(NC(=O)c2nc[nH]c2C(=O)NCCN2CCCC(O)C2)cc1. The Kier molecular flexibility index (Phi) is 6.62. The third-order valence-electron chi connectivity index (χ3n) is 4.71. The molecule has 0 bridgehead atoms. The lowest BCUT2D eigenvalue weighted by Crippen LogP contribution is -2.42. The number of likely N-dealkylation sites (tertiary alicyclic amines) is 1. The highest BCUT2D eigenvalue weighted by molar-refractivity contribution is 6.10. The normalized spacial score (nSPS) is 17.1. The van der Waals surface area contributed by atoms with Gasteiger partial charge in [0, 0.05) is 38.1 Å². The number of rotatable bonds is 7. The number of aromatic amines is 1. The third-order valence-corrected chi connectivity index (χ3v) is 4.71. The van der Waals surface area contributed by atoms with Crippen LogP contribution in [0.4, 0.5) is 11.4 Å². The van der Waals surface area contributed by atoms with Crippen LogP contribution in [0.5, 0.6) is 0 Å². The molecule has 9 heteroatoms. The number of aliphatic hydroxyl groups excluding tert-OH is 1. The maximum absolute atomic E-state index is 12.5. The van der Waals surface area contributed by atoms with E-state index < -0.39 is 5.91 Å². The molecule has 5 N–H and O–H groups in total. The van der Waals surface area contributed by atoms with E-state index in [-0.39, 0.29) is 23.4 Å². The third kappa shape index (κ3) is 5.08. The zero-order valence-electron chi connectivity index (χ0n) is 15.9. The van der Waals surface area contributed by atoms with Gasteiger partial charge in [-0.1, -0.05) is 0 Å². The number of piperidine rings is 1. The second-order valence-electron chi connectivity index (χ2n) is 6.76. The molecule has 3 rings (SSSR count). The van der Waals surface area contributed by atoms with Crippen LogP contribution in [0.3, 0.4) is 0 Å². The van der Waals surface area contributed by atoms with Gasteiger partial charge in [0.25, 0.3) is 11.8 Å². The minimum atomic E-state index is -0.456. The van der Waals surface area contributed by atoms with E-state index in [1.807, 2.05) is 19.2 Å². The van der Waals surface area contributed by atoms with E-state index in [0.29, 0.717) is 25.3 Å². The maximum Gasteiger partial charge on any atom is 0.276 e. The van der Waals surface area contributed by atoms with Crippen molar-refractivity contribution in [1.29, 1.82) is 0 Å². The minimum absolute atomic E-state index is 0.0450. The number of amides is 2. The molecule has 1 atom stereocenters. The van der Waals surface area contributed by atoms with Gasteiger partial charge in [0.1, 0.15) is 5.69 Å². The van der Waals surface area contributed by atoms with E-state index in [1.165, 1.54) is 6.33 Å². The van der Waals surface area contributed by atoms with Crippen LogP contribution in [0.25, 0.3) is 0 Å². The summed E-state index contributed by atoms with van der Waals surface area (Å²) in [5, 5.41) is 18.2. The van der Waals surface area contributed by atoms with Crippen LogP contribution >= 0.6 is 0 Å². The fourth-order valence-corrected chi connectivity index (χ4v) is 3.20. The molecule has 2 aromatic rings. The number of β-amino-alcohol motifs (C(OH)–C–C–N with tert-alkyl or cyclic N) is 1. The summed E-state index contributed by atoms with van der Waals surface area (Å²) in [6.45, 7) is 2.62. The number of imidazole rings is 1. The number of aromatic nitrogens is 2. The summed E-state index contributed by atoms with van der Waals surface area (Å²) in [5.41, 5.74) is 1.72. The Morgan fingerprint density at radius 2 is 2.00 bits per heavy atom. The van der Waals surface area contributed by atoms with Crippen molar-refractivity contribution in [3.63, 3.8) is 0 Å². The van der Waals surface area contributed by atoms with E-state index >= 15 is 0 Å². The fourth-order valence-electron chi connectivity index (χ4n) is 3.20. The molecule has 1 unspecified atom stereocenters. The molecule has 1 aromatic heterocycles. The Morgan fingerprint density at radius 3 is 2.71 bits per heavy atom. The molecule has 0 radical (unpaired) electrons. The minimum Gasteiger partial charge on any atom is -0.392 e. The number of carbonyl (C=O) groups excluding carboxylic acids is 2. The number of H-pyrrole nitrogens is 1. The summed E-state index contributed by atoms with van der Waals surface area (Å²) >= 11 is 0. The number of carbonyl (C=O) groups is 2. The van der Waals surface area contributed by atoms with Gasteiger partial charge in [-0.25, -0.2) is 4.98 Å². The molecule has 0 saturated carbocycles. The molecule has 150 valence electrons.